The molecule has 262 valence electrons. The number of amides is 2. The van der Waals surface area contributed by atoms with Crippen LogP contribution in [0, 0.1) is 5.92 Å². The Morgan fingerprint density at radius 2 is 1.45 bits per heavy atom. The van der Waals surface area contributed by atoms with E-state index in [-0.39, 0.29) is 30.4 Å². The predicted molar refractivity (Wildman–Crippen MR) is 204 cm³/mol. The molecule has 0 saturated heterocycles. The largest absolute Gasteiger partial charge is 0.486 e. The Morgan fingerprint density at radius 1 is 0.863 bits per heavy atom. The summed E-state index contributed by atoms with van der Waals surface area (Å²) in [7, 11) is 2.07. The van der Waals surface area contributed by atoms with Crippen molar-refractivity contribution in [2.45, 2.75) is 48.2 Å². The molecule has 51 heavy (non-hydrogen) atoms. The molecule has 0 radical (unpaired) electrons. The van der Waals surface area contributed by atoms with Crippen LogP contribution in [0.4, 0.5) is 5.69 Å². The van der Waals surface area contributed by atoms with Gasteiger partial charge in [0.05, 0.1) is 29.8 Å². The number of carbonyl (C=O) groups excluding carboxylic acids is 2. The van der Waals surface area contributed by atoms with Crippen molar-refractivity contribution in [1.82, 2.24) is 9.80 Å². The van der Waals surface area contributed by atoms with Crippen molar-refractivity contribution in [3.63, 3.8) is 0 Å². The van der Waals surface area contributed by atoms with Crippen LogP contribution < -0.4 is 10.1 Å². The van der Waals surface area contributed by atoms with Crippen molar-refractivity contribution >= 4 is 29.3 Å². The van der Waals surface area contributed by atoms with Gasteiger partial charge in [0.15, 0.2) is 5.75 Å². The van der Waals surface area contributed by atoms with Gasteiger partial charge >= 0.3 is 0 Å². The van der Waals surface area contributed by atoms with Crippen molar-refractivity contribution in [1.29, 1.82) is 0 Å². The Kier molecular flexibility index (Phi) is 11.9. The molecular weight excluding hydrogens is 655 g/mol. The molecule has 0 unspecified atom stereocenters. The third kappa shape index (κ3) is 8.89. The minimum atomic E-state index is -0.572. The Morgan fingerprint density at radius 3 is 2.06 bits per heavy atom. The molecular formula is C43H45N3O4S. The summed E-state index contributed by atoms with van der Waals surface area (Å²) in [4.78, 5) is 34.6. The molecule has 0 saturated carbocycles. The summed E-state index contributed by atoms with van der Waals surface area (Å²) in [5.41, 5.74) is 3.70. The molecule has 7 nitrogen and oxygen atoms in total. The van der Waals surface area contributed by atoms with E-state index in [1.54, 1.807) is 34.9 Å². The Hall–Kier alpha value is -4.89. The smallest absolute Gasteiger partial charge is 0.258 e. The summed E-state index contributed by atoms with van der Waals surface area (Å²) in [6.07, 6.45) is -0.319. The molecule has 5 aromatic carbocycles. The van der Waals surface area contributed by atoms with Gasteiger partial charge < -0.3 is 20.1 Å². The number of para-hydroxylation sites is 1. The molecule has 1 heterocycles. The van der Waals surface area contributed by atoms with Crippen LogP contribution in [-0.4, -0.2) is 65.6 Å². The Bertz CT molecular complexity index is 1850. The number of nitrogens with zero attached hydrogens (tertiary/aromatic N) is 2. The number of benzene rings is 5. The first-order valence-corrected chi connectivity index (χ1v) is 18.2. The van der Waals surface area contributed by atoms with Crippen LogP contribution in [0.2, 0.25) is 0 Å². The molecule has 0 bridgehead atoms. The standard InChI is InChI=1S/C43H45N3O4S/c1-30-26-46(31(2)29-47)43(49)37-20-13-21-38(44-42(48)40(33-14-7-4-8-15-33)34-16-9-5-10-17-34)41(37)50-39(30)28-45(3)27-32-22-24-36(25-23-32)51-35-18-11-6-12-19-35/h4-25,30-31,39-40,47H,26-29H2,1-3H3,(H,44,48)/t30-,31+,39-/m1/s1. The number of aliphatic hydroxyl groups is 1. The number of fused-ring (bicyclic) bond motifs is 1. The van der Waals surface area contributed by atoms with E-state index in [0.29, 0.717) is 36.6 Å². The second-order valence-electron chi connectivity index (χ2n) is 13.3. The van der Waals surface area contributed by atoms with Crippen molar-refractivity contribution in [3.8, 4) is 5.75 Å². The summed E-state index contributed by atoms with van der Waals surface area (Å²) in [6, 6.07) is 43.2. The number of hydrogen-bond donors (Lipinski definition) is 2. The molecule has 5 aromatic rings. The van der Waals surface area contributed by atoms with Crippen molar-refractivity contribution in [2.75, 3.05) is 32.1 Å². The van der Waals surface area contributed by atoms with Crippen molar-refractivity contribution in [2.24, 2.45) is 5.92 Å². The number of carbonyl (C=O) groups is 2. The van der Waals surface area contributed by atoms with Gasteiger partial charge in [-0.3, -0.25) is 14.5 Å². The van der Waals surface area contributed by atoms with Crippen LogP contribution in [0.15, 0.2) is 143 Å². The van der Waals surface area contributed by atoms with E-state index >= 15 is 0 Å². The molecule has 2 N–H and O–H groups in total. The zero-order valence-electron chi connectivity index (χ0n) is 29.3. The van der Waals surface area contributed by atoms with Crippen molar-refractivity contribution < 1.29 is 19.4 Å². The van der Waals surface area contributed by atoms with Crippen LogP contribution in [0.25, 0.3) is 0 Å². The highest BCUT2D eigenvalue weighted by atomic mass is 32.2. The van der Waals surface area contributed by atoms with Crippen LogP contribution in [-0.2, 0) is 11.3 Å². The average molecular weight is 700 g/mol. The molecule has 1 aliphatic rings. The van der Waals surface area contributed by atoms with Gasteiger partial charge in [-0.1, -0.05) is 116 Å². The quantitative estimate of drug-likeness (QED) is 0.138. The van der Waals surface area contributed by atoms with Crippen LogP contribution in [0.5, 0.6) is 5.75 Å². The highest BCUT2D eigenvalue weighted by Gasteiger charge is 2.35. The molecule has 2 amide bonds. The third-order valence-corrected chi connectivity index (χ3v) is 10.3. The molecule has 0 aliphatic carbocycles. The summed E-state index contributed by atoms with van der Waals surface area (Å²) in [6.45, 7) is 5.47. The van der Waals surface area contributed by atoms with E-state index in [2.05, 4.69) is 60.6 Å². The Balaban J connectivity index is 1.26. The number of hydrogen-bond acceptors (Lipinski definition) is 6. The number of likely N-dealkylation sites (N-methyl/N-ethyl adjacent to an activating group) is 1. The summed E-state index contributed by atoms with van der Waals surface area (Å²) >= 11 is 1.74. The monoisotopic (exact) mass is 699 g/mol. The van der Waals surface area contributed by atoms with Gasteiger partial charge in [0.1, 0.15) is 6.10 Å². The SMILES string of the molecule is C[C@@H]1CN([C@@H](C)CO)C(=O)c2cccc(NC(=O)C(c3ccccc3)c3ccccc3)c2O[C@@H]1CN(C)Cc1ccc(Sc2ccccc2)cc1. The van der Waals surface area contributed by atoms with Crippen molar-refractivity contribution in [3.05, 3.63) is 156 Å². The van der Waals surface area contributed by atoms with Gasteiger partial charge in [-0.05, 0) is 67.1 Å². The predicted octanol–water partition coefficient (Wildman–Crippen LogP) is 7.96. The first-order valence-electron chi connectivity index (χ1n) is 17.4. The third-order valence-electron chi connectivity index (χ3n) is 9.32. The summed E-state index contributed by atoms with van der Waals surface area (Å²) in [5, 5.41) is 13.3. The van der Waals surface area contributed by atoms with Crippen LogP contribution >= 0.6 is 11.8 Å². The first kappa shape index (κ1) is 35.9. The van der Waals surface area contributed by atoms with Gasteiger partial charge in [-0.2, -0.15) is 0 Å². The fourth-order valence-electron chi connectivity index (χ4n) is 6.52. The normalized spacial score (nSPS) is 16.6. The zero-order valence-corrected chi connectivity index (χ0v) is 30.1. The minimum Gasteiger partial charge on any atom is -0.486 e. The molecule has 3 atom stereocenters. The maximum absolute atomic E-state index is 14.2. The average Bonchev–Trinajstić information content (AvgIpc) is 3.15. The zero-order chi connectivity index (χ0) is 35.7. The van der Waals surface area contributed by atoms with E-state index in [9.17, 15) is 14.7 Å². The second kappa shape index (κ2) is 16.9. The lowest BCUT2D eigenvalue weighted by Crippen LogP contribution is -2.49. The van der Waals surface area contributed by atoms with Gasteiger partial charge in [-0.25, -0.2) is 0 Å². The number of anilines is 1. The first-order chi connectivity index (χ1) is 24.8. The van der Waals surface area contributed by atoms with Gasteiger partial charge in [0.2, 0.25) is 5.91 Å². The van der Waals surface area contributed by atoms with Gasteiger partial charge in [0, 0.05) is 35.3 Å². The van der Waals surface area contributed by atoms with Crippen LogP contribution in [0.3, 0.4) is 0 Å². The lowest BCUT2D eigenvalue weighted by atomic mass is 9.90. The fraction of sp³-hybridized carbons (Fsp3) is 0.256. The molecule has 0 fully saturated rings. The minimum absolute atomic E-state index is 0.0756. The number of nitrogens with one attached hydrogen (secondary N) is 1. The summed E-state index contributed by atoms with van der Waals surface area (Å²) < 4.78 is 6.83. The summed E-state index contributed by atoms with van der Waals surface area (Å²) in [5.74, 6) is -0.768. The topological polar surface area (TPSA) is 82.1 Å². The van der Waals surface area contributed by atoms with Crippen LogP contribution in [0.1, 0.15) is 46.8 Å². The number of aliphatic hydroxyl groups excluding tert-OH is 1. The number of rotatable bonds is 12. The van der Waals surface area contributed by atoms with E-state index in [0.717, 1.165) is 11.1 Å². The van der Waals surface area contributed by atoms with E-state index in [4.69, 9.17) is 4.74 Å². The Labute approximate surface area is 305 Å². The maximum atomic E-state index is 14.2. The molecule has 6 rings (SSSR count). The highest BCUT2D eigenvalue weighted by Crippen LogP contribution is 2.37. The van der Waals surface area contributed by atoms with E-state index < -0.39 is 12.0 Å². The van der Waals surface area contributed by atoms with E-state index in [1.165, 1.54) is 15.4 Å². The number of ether oxygens (including phenoxy) is 1. The molecule has 0 spiro atoms. The maximum Gasteiger partial charge on any atom is 0.258 e. The fourth-order valence-corrected chi connectivity index (χ4v) is 7.36. The lowest BCUT2D eigenvalue weighted by Gasteiger charge is -2.38. The molecule has 0 aromatic heterocycles. The van der Waals surface area contributed by atoms with E-state index in [1.807, 2.05) is 85.8 Å². The highest BCUT2D eigenvalue weighted by molar-refractivity contribution is 7.99. The molecule has 8 heteroatoms. The van der Waals surface area contributed by atoms with Gasteiger partial charge in [0.25, 0.3) is 5.91 Å². The molecule has 1 aliphatic heterocycles. The second-order valence-corrected chi connectivity index (χ2v) is 14.5. The lowest BCUT2D eigenvalue weighted by molar-refractivity contribution is -0.116. The van der Waals surface area contributed by atoms with Gasteiger partial charge in [-0.15, -0.1) is 0 Å².